The summed E-state index contributed by atoms with van der Waals surface area (Å²) in [6.07, 6.45) is 0. The molecule has 226 valence electrons. The van der Waals surface area contributed by atoms with Gasteiger partial charge in [0.1, 0.15) is 23.1 Å². The van der Waals surface area contributed by atoms with Crippen LogP contribution in [0.2, 0.25) is 0 Å². The zero-order valence-corrected chi connectivity index (χ0v) is 24.9. The third-order valence-corrected chi connectivity index (χ3v) is 7.62. The molecule has 0 atom stereocenters. The minimum atomic E-state index is -0.222. The average Bonchev–Trinajstić information content (AvgIpc) is 3.72. The van der Waals surface area contributed by atoms with Gasteiger partial charge in [0.15, 0.2) is 0 Å². The highest BCUT2D eigenvalue weighted by Gasteiger charge is 2.16. The fraction of sp³-hybridized carbons (Fsp3) is 0.0556. The molecule has 4 N–H and O–H groups in total. The highest BCUT2D eigenvalue weighted by atomic mass is 16.5. The van der Waals surface area contributed by atoms with Crippen LogP contribution in [0.5, 0.6) is 11.5 Å². The van der Waals surface area contributed by atoms with Crippen molar-refractivity contribution in [2.24, 2.45) is 0 Å². The maximum atomic E-state index is 12.8. The Labute approximate surface area is 263 Å². The van der Waals surface area contributed by atoms with Crippen molar-refractivity contribution in [3.8, 4) is 34.3 Å². The van der Waals surface area contributed by atoms with Crippen LogP contribution in [-0.4, -0.2) is 46.0 Å². The van der Waals surface area contributed by atoms with Crippen molar-refractivity contribution < 1.29 is 19.1 Å². The van der Waals surface area contributed by atoms with E-state index in [1.807, 2.05) is 60.7 Å². The number of carbonyl (C=O) groups excluding carboxylic acids is 2. The smallest absolute Gasteiger partial charge is 0.255 e. The summed E-state index contributed by atoms with van der Waals surface area (Å²) in [5.41, 5.74) is 7.12. The number of aromatic nitrogens is 4. The number of fused-ring (bicyclic) bond motifs is 2. The number of anilines is 2. The molecule has 2 amide bonds. The van der Waals surface area contributed by atoms with Crippen molar-refractivity contribution in [1.29, 1.82) is 0 Å². The van der Waals surface area contributed by atoms with Crippen molar-refractivity contribution >= 4 is 45.3 Å². The molecule has 0 saturated heterocycles. The van der Waals surface area contributed by atoms with Gasteiger partial charge >= 0.3 is 0 Å². The number of benzene rings is 5. The Kier molecular flexibility index (Phi) is 7.35. The standard InChI is InChI=1S/C36H28N6O4/c1-45-25-13-7-21(8-14-25)35(43)37-23-11-17-29-31(19-23)41-33(39-29)27-5-3-4-6-28(27)34-40-30-18-12-24(20-32(30)42-34)38-36(44)22-9-15-26(46-2)16-10-22/h3-20H,1-2H3,(H,37,43)(H,38,44)(H,39,41)(H,40,42). The van der Waals surface area contributed by atoms with Crippen molar-refractivity contribution in [2.45, 2.75) is 0 Å². The van der Waals surface area contributed by atoms with Crippen LogP contribution >= 0.6 is 0 Å². The van der Waals surface area contributed by atoms with E-state index in [2.05, 4.69) is 20.6 Å². The number of hydrogen-bond donors (Lipinski definition) is 4. The summed E-state index contributed by atoms with van der Waals surface area (Å²) < 4.78 is 10.4. The monoisotopic (exact) mass is 608 g/mol. The van der Waals surface area contributed by atoms with Gasteiger partial charge in [-0.05, 0) is 84.9 Å². The topological polar surface area (TPSA) is 134 Å². The van der Waals surface area contributed by atoms with E-state index in [9.17, 15) is 9.59 Å². The number of nitrogens with one attached hydrogen (secondary N) is 4. The molecular formula is C36H28N6O4. The molecule has 5 aromatic carbocycles. The fourth-order valence-corrected chi connectivity index (χ4v) is 5.22. The molecule has 0 fully saturated rings. The normalized spacial score (nSPS) is 11.0. The second kappa shape index (κ2) is 11.9. The number of H-pyrrole nitrogens is 2. The molecule has 0 radical (unpaired) electrons. The molecule has 0 aliphatic carbocycles. The van der Waals surface area contributed by atoms with Gasteiger partial charge in [-0.3, -0.25) is 9.59 Å². The van der Waals surface area contributed by atoms with E-state index in [4.69, 9.17) is 19.4 Å². The van der Waals surface area contributed by atoms with Crippen LogP contribution in [0, 0.1) is 0 Å². The first-order valence-electron chi connectivity index (χ1n) is 14.5. The average molecular weight is 609 g/mol. The van der Waals surface area contributed by atoms with E-state index in [0.717, 1.165) is 33.2 Å². The minimum absolute atomic E-state index is 0.222. The van der Waals surface area contributed by atoms with E-state index < -0.39 is 0 Å². The lowest BCUT2D eigenvalue weighted by Gasteiger charge is -2.06. The van der Waals surface area contributed by atoms with Crippen molar-refractivity contribution in [2.75, 3.05) is 24.9 Å². The summed E-state index contributed by atoms with van der Waals surface area (Å²) in [6, 6.07) is 32.8. The van der Waals surface area contributed by atoms with Gasteiger partial charge in [0.25, 0.3) is 11.8 Å². The molecule has 0 spiro atoms. The van der Waals surface area contributed by atoms with Crippen molar-refractivity contribution in [3.63, 3.8) is 0 Å². The summed E-state index contributed by atoms with van der Waals surface area (Å²) in [7, 11) is 3.17. The quantitative estimate of drug-likeness (QED) is 0.143. The number of methoxy groups -OCH3 is 2. The van der Waals surface area contributed by atoms with Gasteiger partial charge < -0.3 is 30.1 Å². The van der Waals surface area contributed by atoms with Gasteiger partial charge in [0.05, 0.1) is 36.3 Å². The third-order valence-electron chi connectivity index (χ3n) is 7.62. The molecule has 2 heterocycles. The first-order chi connectivity index (χ1) is 22.5. The summed E-state index contributed by atoms with van der Waals surface area (Å²) in [4.78, 5) is 42.1. The molecule has 46 heavy (non-hydrogen) atoms. The van der Waals surface area contributed by atoms with Gasteiger partial charge in [0.2, 0.25) is 0 Å². The minimum Gasteiger partial charge on any atom is -0.497 e. The van der Waals surface area contributed by atoms with E-state index in [1.54, 1.807) is 62.8 Å². The summed E-state index contributed by atoms with van der Waals surface area (Å²) in [5, 5.41) is 5.89. The molecule has 0 saturated carbocycles. The van der Waals surface area contributed by atoms with Gasteiger partial charge in [-0.2, -0.15) is 0 Å². The van der Waals surface area contributed by atoms with Crippen LogP contribution in [0.15, 0.2) is 109 Å². The Morgan fingerprint density at radius 3 is 1.37 bits per heavy atom. The molecule has 0 bridgehead atoms. The fourth-order valence-electron chi connectivity index (χ4n) is 5.22. The molecule has 0 aliphatic rings. The SMILES string of the molecule is COc1ccc(C(=O)Nc2ccc3nc(-c4ccccc4-c4nc5ccc(NC(=O)c6ccc(OC)cc6)cc5[nH]4)[nH]c3c2)cc1. The van der Waals surface area contributed by atoms with Crippen molar-refractivity contribution in [1.82, 2.24) is 19.9 Å². The van der Waals surface area contributed by atoms with E-state index in [-0.39, 0.29) is 11.8 Å². The Morgan fingerprint density at radius 1 is 0.565 bits per heavy atom. The van der Waals surface area contributed by atoms with Crippen molar-refractivity contribution in [3.05, 3.63) is 120 Å². The first-order valence-corrected chi connectivity index (χ1v) is 14.5. The maximum Gasteiger partial charge on any atom is 0.255 e. The lowest BCUT2D eigenvalue weighted by molar-refractivity contribution is 0.101. The number of amides is 2. The lowest BCUT2D eigenvalue weighted by Crippen LogP contribution is -2.11. The Morgan fingerprint density at radius 2 is 0.978 bits per heavy atom. The van der Waals surface area contributed by atoms with E-state index in [1.165, 1.54) is 0 Å². The van der Waals surface area contributed by atoms with Crippen LogP contribution in [-0.2, 0) is 0 Å². The number of aromatic amines is 2. The van der Waals surface area contributed by atoms with Crippen LogP contribution in [0.1, 0.15) is 20.7 Å². The Bertz CT molecular complexity index is 2060. The first kappa shape index (κ1) is 28.4. The zero-order valence-electron chi connectivity index (χ0n) is 24.9. The third kappa shape index (κ3) is 5.62. The maximum absolute atomic E-state index is 12.8. The van der Waals surface area contributed by atoms with Gasteiger partial charge in [0, 0.05) is 33.6 Å². The molecule has 10 nitrogen and oxygen atoms in total. The van der Waals surface area contributed by atoms with Crippen LogP contribution < -0.4 is 20.1 Å². The number of ether oxygens (including phenoxy) is 2. The second-order valence-electron chi connectivity index (χ2n) is 10.5. The summed E-state index contributed by atoms with van der Waals surface area (Å²) in [6.45, 7) is 0. The molecule has 7 aromatic rings. The van der Waals surface area contributed by atoms with Gasteiger partial charge in [-0.15, -0.1) is 0 Å². The van der Waals surface area contributed by atoms with Crippen LogP contribution in [0.3, 0.4) is 0 Å². The summed E-state index contributed by atoms with van der Waals surface area (Å²) in [5.74, 6) is 2.25. The van der Waals surface area contributed by atoms with E-state index >= 15 is 0 Å². The largest absolute Gasteiger partial charge is 0.497 e. The second-order valence-corrected chi connectivity index (χ2v) is 10.5. The number of hydrogen-bond acceptors (Lipinski definition) is 6. The number of imidazole rings is 2. The Hall–Kier alpha value is -6.42. The zero-order chi connectivity index (χ0) is 31.6. The van der Waals surface area contributed by atoms with Crippen LogP contribution in [0.25, 0.3) is 44.8 Å². The number of carbonyl (C=O) groups is 2. The predicted octanol–water partition coefficient (Wildman–Crippen LogP) is 7.30. The molecule has 0 unspecified atom stereocenters. The highest BCUT2D eigenvalue weighted by molar-refractivity contribution is 6.06. The van der Waals surface area contributed by atoms with E-state index in [0.29, 0.717) is 45.6 Å². The highest BCUT2D eigenvalue weighted by Crippen LogP contribution is 2.32. The lowest BCUT2D eigenvalue weighted by atomic mass is 10.1. The summed E-state index contributed by atoms with van der Waals surface area (Å²) >= 11 is 0. The molecular weight excluding hydrogens is 580 g/mol. The molecule has 10 heteroatoms. The molecule has 7 rings (SSSR count). The number of nitrogens with zero attached hydrogens (tertiary/aromatic N) is 2. The predicted molar refractivity (Wildman–Crippen MR) is 179 cm³/mol. The van der Waals surface area contributed by atoms with Gasteiger partial charge in [-0.1, -0.05) is 24.3 Å². The Balaban J connectivity index is 1.13. The van der Waals surface area contributed by atoms with Gasteiger partial charge in [-0.25, -0.2) is 9.97 Å². The van der Waals surface area contributed by atoms with Crippen LogP contribution in [0.4, 0.5) is 11.4 Å². The molecule has 0 aliphatic heterocycles. The number of rotatable bonds is 8. The molecule has 2 aromatic heterocycles.